The predicted molar refractivity (Wildman–Crippen MR) is 126 cm³/mol. The normalized spacial score (nSPS) is 20.6. The van der Waals surface area contributed by atoms with Gasteiger partial charge in [-0.05, 0) is 43.5 Å². The van der Waals surface area contributed by atoms with E-state index in [1.54, 1.807) is 43.3 Å². The molecule has 34 heavy (non-hydrogen) atoms. The van der Waals surface area contributed by atoms with Gasteiger partial charge in [0.1, 0.15) is 5.54 Å². The van der Waals surface area contributed by atoms with Gasteiger partial charge in [0.05, 0.1) is 11.4 Å². The number of benzene rings is 2. The Morgan fingerprint density at radius 2 is 1.82 bits per heavy atom. The number of sulfonamides is 1. The van der Waals surface area contributed by atoms with E-state index in [0.717, 1.165) is 10.7 Å². The third kappa shape index (κ3) is 4.47. The highest BCUT2D eigenvalue weighted by Crippen LogP contribution is 2.39. The Morgan fingerprint density at radius 1 is 1.12 bits per heavy atom. The Labute approximate surface area is 199 Å². The lowest BCUT2D eigenvalue weighted by molar-refractivity contribution is -0.132. The molecule has 0 bridgehead atoms. The summed E-state index contributed by atoms with van der Waals surface area (Å²) in [6.45, 7) is 5.59. The summed E-state index contributed by atoms with van der Waals surface area (Å²) in [5.74, 6) is 0.455. The van der Waals surface area contributed by atoms with Crippen LogP contribution in [0.5, 0.6) is 11.5 Å². The van der Waals surface area contributed by atoms with E-state index in [0.29, 0.717) is 29.6 Å². The van der Waals surface area contributed by atoms with E-state index in [4.69, 9.17) is 9.47 Å². The molecule has 1 atom stereocenters. The molecule has 1 saturated heterocycles. The van der Waals surface area contributed by atoms with E-state index in [9.17, 15) is 18.0 Å². The SMILES string of the molecule is CC(C)CCNC(=O)[C@]1(C)CN(S(=O)(=O)c2ccccc2)CC(=O)N1c1ccc2c(c1)OCO2. The van der Waals surface area contributed by atoms with E-state index in [2.05, 4.69) is 5.32 Å². The molecule has 10 heteroatoms. The van der Waals surface area contributed by atoms with E-state index < -0.39 is 27.4 Å². The third-order valence-electron chi connectivity index (χ3n) is 6.03. The fraction of sp³-hybridized carbons (Fsp3) is 0.417. The molecule has 0 aromatic heterocycles. The highest BCUT2D eigenvalue weighted by Gasteiger charge is 2.51. The predicted octanol–water partition coefficient (Wildman–Crippen LogP) is 2.37. The lowest BCUT2D eigenvalue weighted by atomic mass is 9.94. The first kappa shape index (κ1) is 24.0. The van der Waals surface area contributed by atoms with Crippen LogP contribution in [-0.4, -0.2) is 56.5 Å². The second kappa shape index (κ2) is 9.27. The maximum absolute atomic E-state index is 13.5. The smallest absolute Gasteiger partial charge is 0.247 e. The summed E-state index contributed by atoms with van der Waals surface area (Å²) in [4.78, 5) is 28.4. The minimum Gasteiger partial charge on any atom is -0.454 e. The molecule has 2 aromatic rings. The lowest BCUT2D eigenvalue weighted by Crippen LogP contribution is -2.70. The van der Waals surface area contributed by atoms with Gasteiger partial charge >= 0.3 is 0 Å². The van der Waals surface area contributed by atoms with Crippen LogP contribution in [0.25, 0.3) is 0 Å². The minimum atomic E-state index is -3.99. The van der Waals surface area contributed by atoms with Gasteiger partial charge in [-0.3, -0.25) is 14.5 Å². The molecule has 2 amide bonds. The Kier molecular flexibility index (Phi) is 6.55. The zero-order chi connectivity index (χ0) is 24.5. The summed E-state index contributed by atoms with van der Waals surface area (Å²) in [5.41, 5.74) is -1.05. The van der Waals surface area contributed by atoms with Crippen LogP contribution in [0, 0.1) is 5.92 Å². The molecule has 0 unspecified atom stereocenters. The summed E-state index contributed by atoms with van der Waals surface area (Å²) in [7, 11) is -3.99. The molecule has 0 radical (unpaired) electrons. The second-order valence-electron chi connectivity index (χ2n) is 9.07. The van der Waals surface area contributed by atoms with Gasteiger partial charge in [0, 0.05) is 24.8 Å². The third-order valence-corrected chi connectivity index (χ3v) is 7.84. The molecule has 1 N–H and O–H groups in total. The molecular formula is C24H29N3O6S. The van der Waals surface area contributed by atoms with E-state index in [-0.39, 0.29) is 24.8 Å². The maximum Gasteiger partial charge on any atom is 0.247 e. The highest BCUT2D eigenvalue weighted by atomic mass is 32.2. The van der Waals surface area contributed by atoms with Gasteiger partial charge in [0.2, 0.25) is 28.6 Å². The van der Waals surface area contributed by atoms with Crippen molar-refractivity contribution in [2.24, 2.45) is 5.92 Å². The first-order valence-electron chi connectivity index (χ1n) is 11.2. The van der Waals surface area contributed by atoms with Crippen molar-refractivity contribution in [3.63, 3.8) is 0 Å². The molecule has 2 heterocycles. The van der Waals surface area contributed by atoms with Crippen LogP contribution in [0.3, 0.4) is 0 Å². The van der Waals surface area contributed by atoms with Crippen LogP contribution in [0.2, 0.25) is 0 Å². The van der Waals surface area contributed by atoms with E-state index in [1.807, 2.05) is 13.8 Å². The first-order chi connectivity index (χ1) is 16.1. The number of fused-ring (bicyclic) bond motifs is 1. The van der Waals surface area contributed by atoms with Crippen LogP contribution < -0.4 is 19.7 Å². The molecule has 182 valence electrons. The van der Waals surface area contributed by atoms with Crippen LogP contribution in [0.1, 0.15) is 27.2 Å². The maximum atomic E-state index is 13.5. The second-order valence-corrected chi connectivity index (χ2v) is 11.0. The van der Waals surface area contributed by atoms with Crippen molar-refractivity contribution in [1.29, 1.82) is 0 Å². The molecule has 2 aromatic carbocycles. The summed E-state index contributed by atoms with van der Waals surface area (Å²) in [5, 5.41) is 2.90. The number of nitrogens with zero attached hydrogens (tertiary/aromatic N) is 2. The molecular weight excluding hydrogens is 458 g/mol. The van der Waals surface area contributed by atoms with E-state index >= 15 is 0 Å². The topological polar surface area (TPSA) is 105 Å². The van der Waals surface area contributed by atoms with Crippen LogP contribution >= 0.6 is 0 Å². The zero-order valence-corrected chi connectivity index (χ0v) is 20.3. The minimum absolute atomic E-state index is 0.0712. The number of carbonyl (C=O) groups is 2. The zero-order valence-electron chi connectivity index (χ0n) is 19.5. The molecule has 0 aliphatic carbocycles. The molecule has 0 spiro atoms. The van der Waals surface area contributed by atoms with Crippen LogP contribution in [0.4, 0.5) is 5.69 Å². The van der Waals surface area contributed by atoms with Gasteiger partial charge in [-0.1, -0.05) is 32.0 Å². The largest absolute Gasteiger partial charge is 0.454 e. The Balaban J connectivity index is 1.71. The summed E-state index contributed by atoms with van der Waals surface area (Å²) < 4.78 is 38.6. The number of ether oxygens (including phenoxy) is 2. The summed E-state index contributed by atoms with van der Waals surface area (Å²) in [6, 6.07) is 12.9. The number of piperazine rings is 1. The number of carbonyl (C=O) groups excluding carboxylic acids is 2. The van der Waals surface area contributed by atoms with Crippen LogP contribution in [0.15, 0.2) is 53.4 Å². The van der Waals surface area contributed by atoms with Crippen molar-refractivity contribution < 1.29 is 27.5 Å². The molecule has 9 nitrogen and oxygen atoms in total. The number of anilines is 1. The average molecular weight is 488 g/mol. The Hall–Kier alpha value is -3.11. The lowest BCUT2D eigenvalue weighted by Gasteiger charge is -2.46. The average Bonchev–Trinajstić information content (AvgIpc) is 3.27. The molecule has 0 saturated carbocycles. The quantitative estimate of drug-likeness (QED) is 0.643. The van der Waals surface area contributed by atoms with Gasteiger partial charge in [-0.25, -0.2) is 8.42 Å². The Bertz CT molecular complexity index is 1180. The van der Waals surface area contributed by atoms with Gasteiger partial charge in [-0.15, -0.1) is 0 Å². The van der Waals surface area contributed by atoms with Crippen molar-refractivity contribution >= 4 is 27.5 Å². The number of amides is 2. The van der Waals surface area contributed by atoms with Crippen molar-refractivity contribution in [3.05, 3.63) is 48.5 Å². The fourth-order valence-electron chi connectivity index (χ4n) is 4.17. The molecule has 1 fully saturated rings. The van der Waals surface area contributed by atoms with Crippen molar-refractivity contribution in [2.75, 3.05) is 31.3 Å². The number of hydrogen-bond acceptors (Lipinski definition) is 6. The van der Waals surface area contributed by atoms with E-state index in [1.165, 1.54) is 17.0 Å². The summed E-state index contributed by atoms with van der Waals surface area (Å²) in [6.07, 6.45) is 0.756. The fourth-order valence-corrected chi connectivity index (χ4v) is 5.67. The standard InChI is InChI=1S/C24H29N3O6S/c1-17(2)11-12-25-23(29)24(3)15-26(34(30,31)19-7-5-4-6-8-19)14-22(28)27(24)18-9-10-20-21(13-18)33-16-32-20/h4-10,13,17H,11-12,14-16H2,1-3H3,(H,25,29)/t24-/m0/s1. The first-order valence-corrected chi connectivity index (χ1v) is 12.6. The number of rotatable bonds is 7. The molecule has 2 aliphatic heterocycles. The van der Waals surface area contributed by atoms with Gasteiger partial charge in [0.15, 0.2) is 11.5 Å². The van der Waals surface area contributed by atoms with Gasteiger partial charge < -0.3 is 14.8 Å². The van der Waals surface area contributed by atoms with Crippen molar-refractivity contribution in [2.45, 2.75) is 37.6 Å². The number of nitrogens with one attached hydrogen (secondary N) is 1. The van der Waals surface area contributed by atoms with Crippen LogP contribution in [-0.2, 0) is 19.6 Å². The number of hydrogen-bond donors (Lipinski definition) is 1. The highest BCUT2D eigenvalue weighted by molar-refractivity contribution is 7.89. The van der Waals surface area contributed by atoms with Gasteiger partial charge in [0.25, 0.3) is 0 Å². The molecule has 2 aliphatic rings. The molecule has 4 rings (SSSR count). The van der Waals surface area contributed by atoms with Crippen molar-refractivity contribution in [3.8, 4) is 11.5 Å². The summed E-state index contributed by atoms with van der Waals surface area (Å²) >= 11 is 0. The monoisotopic (exact) mass is 487 g/mol. The Morgan fingerprint density at radius 3 is 2.53 bits per heavy atom. The van der Waals surface area contributed by atoms with Crippen molar-refractivity contribution in [1.82, 2.24) is 9.62 Å². The van der Waals surface area contributed by atoms with Gasteiger partial charge in [-0.2, -0.15) is 4.31 Å².